The van der Waals surface area contributed by atoms with Crippen LogP contribution in [0, 0.1) is 0 Å². The second-order valence-electron chi connectivity index (χ2n) is 6.24. The molecule has 23 heavy (non-hydrogen) atoms. The number of benzene rings is 1. The SMILES string of the molecule is COc1ccc(C2(C(=O)N(C)CCCC(=O)O)CCCC2)cc1. The molecule has 0 unspecified atom stereocenters. The normalized spacial score (nSPS) is 16.1. The van der Waals surface area contributed by atoms with Crippen LogP contribution >= 0.6 is 0 Å². The van der Waals surface area contributed by atoms with Crippen LogP contribution in [-0.4, -0.2) is 42.6 Å². The van der Waals surface area contributed by atoms with Crippen molar-refractivity contribution in [3.05, 3.63) is 29.8 Å². The highest BCUT2D eigenvalue weighted by molar-refractivity contribution is 5.88. The number of methoxy groups -OCH3 is 1. The van der Waals surface area contributed by atoms with E-state index >= 15 is 0 Å². The number of ether oxygens (including phenoxy) is 1. The number of nitrogens with zero attached hydrogens (tertiary/aromatic N) is 1. The minimum Gasteiger partial charge on any atom is -0.497 e. The van der Waals surface area contributed by atoms with Gasteiger partial charge in [-0.3, -0.25) is 9.59 Å². The zero-order valence-electron chi connectivity index (χ0n) is 13.9. The van der Waals surface area contributed by atoms with E-state index in [1.807, 2.05) is 24.3 Å². The Balaban J connectivity index is 2.15. The third-order valence-electron chi connectivity index (χ3n) is 4.74. The Morgan fingerprint density at radius 1 is 1.22 bits per heavy atom. The number of amides is 1. The highest BCUT2D eigenvalue weighted by Gasteiger charge is 2.44. The summed E-state index contributed by atoms with van der Waals surface area (Å²) in [5, 5.41) is 8.74. The summed E-state index contributed by atoms with van der Waals surface area (Å²) >= 11 is 0. The Morgan fingerprint density at radius 2 is 1.83 bits per heavy atom. The largest absolute Gasteiger partial charge is 0.497 e. The van der Waals surface area contributed by atoms with E-state index in [0.717, 1.165) is 37.0 Å². The van der Waals surface area contributed by atoms with E-state index in [1.165, 1.54) is 0 Å². The Hall–Kier alpha value is -2.04. The zero-order valence-corrected chi connectivity index (χ0v) is 13.9. The second kappa shape index (κ2) is 7.49. The van der Waals surface area contributed by atoms with Gasteiger partial charge in [0, 0.05) is 20.0 Å². The van der Waals surface area contributed by atoms with Crippen LogP contribution in [-0.2, 0) is 15.0 Å². The van der Waals surface area contributed by atoms with Gasteiger partial charge in [-0.15, -0.1) is 0 Å². The maximum Gasteiger partial charge on any atom is 0.303 e. The summed E-state index contributed by atoms with van der Waals surface area (Å²) in [7, 11) is 3.40. The first kappa shape index (κ1) is 17.3. The van der Waals surface area contributed by atoms with E-state index in [9.17, 15) is 9.59 Å². The molecule has 2 rings (SSSR count). The van der Waals surface area contributed by atoms with Crippen molar-refractivity contribution in [2.24, 2.45) is 0 Å². The third-order valence-corrected chi connectivity index (χ3v) is 4.74. The summed E-state index contributed by atoms with van der Waals surface area (Å²) < 4.78 is 5.20. The zero-order chi connectivity index (χ0) is 16.9. The molecule has 1 aromatic rings. The van der Waals surface area contributed by atoms with Crippen molar-refractivity contribution in [1.29, 1.82) is 0 Å². The van der Waals surface area contributed by atoms with Gasteiger partial charge in [0.2, 0.25) is 5.91 Å². The van der Waals surface area contributed by atoms with Crippen LogP contribution in [0.1, 0.15) is 44.1 Å². The smallest absolute Gasteiger partial charge is 0.303 e. The average molecular weight is 319 g/mol. The van der Waals surface area contributed by atoms with Crippen molar-refractivity contribution in [2.75, 3.05) is 20.7 Å². The van der Waals surface area contributed by atoms with Crippen molar-refractivity contribution < 1.29 is 19.4 Å². The molecule has 1 fully saturated rings. The van der Waals surface area contributed by atoms with Gasteiger partial charge < -0.3 is 14.7 Å². The predicted molar refractivity (Wildman–Crippen MR) is 87.6 cm³/mol. The lowest BCUT2D eigenvalue weighted by molar-refractivity contribution is -0.139. The van der Waals surface area contributed by atoms with E-state index in [2.05, 4.69) is 0 Å². The quantitative estimate of drug-likeness (QED) is 0.839. The molecule has 1 saturated carbocycles. The molecule has 0 bridgehead atoms. The standard InChI is InChI=1S/C18H25NO4/c1-19(13-5-6-16(20)21)17(22)18(11-3-4-12-18)14-7-9-15(23-2)10-8-14/h7-10H,3-6,11-13H2,1-2H3,(H,20,21). The summed E-state index contributed by atoms with van der Waals surface area (Å²) in [5.41, 5.74) is 0.565. The van der Waals surface area contributed by atoms with E-state index in [-0.39, 0.29) is 12.3 Å². The molecule has 5 heteroatoms. The number of hydrogen-bond acceptors (Lipinski definition) is 3. The van der Waals surface area contributed by atoms with Crippen molar-refractivity contribution in [1.82, 2.24) is 4.90 Å². The van der Waals surface area contributed by atoms with Crippen molar-refractivity contribution in [3.63, 3.8) is 0 Å². The van der Waals surface area contributed by atoms with Crippen molar-refractivity contribution >= 4 is 11.9 Å². The number of rotatable bonds is 7. The lowest BCUT2D eigenvalue weighted by atomic mass is 9.77. The van der Waals surface area contributed by atoms with Crippen molar-refractivity contribution in [3.8, 4) is 5.75 Å². The predicted octanol–water partition coefficient (Wildman–Crippen LogP) is 2.83. The number of carbonyl (C=O) groups is 2. The first-order valence-corrected chi connectivity index (χ1v) is 8.11. The molecule has 1 N–H and O–H groups in total. The van der Waals surface area contributed by atoms with Gasteiger partial charge >= 0.3 is 5.97 Å². The molecule has 0 heterocycles. The maximum atomic E-state index is 13.0. The monoisotopic (exact) mass is 319 g/mol. The fraction of sp³-hybridized carbons (Fsp3) is 0.556. The molecule has 1 aliphatic carbocycles. The molecule has 0 saturated heterocycles. The van der Waals surface area contributed by atoms with Crippen LogP contribution < -0.4 is 4.74 Å². The van der Waals surface area contributed by atoms with Gasteiger partial charge in [-0.2, -0.15) is 0 Å². The fourth-order valence-corrected chi connectivity index (χ4v) is 3.45. The van der Waals surface area contributed by atoms with E-state index in [4.69, 9.17) is 9.84 Å². The van der Waals surface area contributed by atoms with Gasteiger partial charge in [0.1, 0.15) is 5.75 Å². The molecular formula is C18H25NO4. The molecule has 0 spiro atoms. The Kier molecular flexibility index (Phi) is 5.64. The second-order valence-corrected chi connectivity index (χ2v) is 6.24. The number of likely N-dealkylation sites (N-methyl/N-ethyl adjacent to an activating group) is 1. The Morgan fingerprint density at radius 3 is 2.35 bits per heavy atom. The summed E-state index contributed by atoms with van der Waals surface area (Å²) in [6.07, 6.45) is 4.35. The number of aliphatic carboxylic acids is 1. The van der Waals surface area contributed by atoms with Gasteiger partial charge in [0.05, 0.1) is 12.5 Å². The Bertz CT molecular complexity index is 547. The molecule has 0 aliphatic heterocycles. The van der Waals surface area contributed by atoms with Gasteiger partial charge in [-0.05, 0) is 37.0 Å². The van der Waals surface area contributed by atoms with Gasteiger partial charge in [-0.25, -0.2) is 0 Å². The molecular weight excluding hydrogens is 294 g/mol. The van der Waals surface area contributed by atoms with E-state index < -0.39 is 11.4 Å². The topological polar surface area (TPSA) is 66.8 Å². The van der Waals surface area contributed by atoms with Gasteiger partial charge in [0.15, 0.2) is 0 Å². The number of carboxylic acids is 1. The fourth-order valence-electron chi connectivity index (χ4n) is 3.45. The molecule has 0 aromatic heterocycles. The minimum absolute atomic E-state index is 0.0904. The molecule has 1 amide bonds. The summed E-state index contributed by atoms with van der Waals surface area (Å²) in [5.74, 6) is 0.0614. The highest BCUT2D eigenvalue weighted by atomic mass is 16.5. The molecule has 0 radical (unpaired) electrons. The summed E-state index contributed by atoms with van der Waals surface area (Å²) in [6, 6.07) is 7.75. The van der Waals surface area contributed by atoms with Crippen LogP contribution in [0.25, 0.3) is 0 Å². The first-order valence-electron chi connectivity index (χ1n) is 8.11. The average Bonchev–Trinajstić information content (AvgIpc) is 3.04. The molecule has 0 atom stereocenters. The number of carbonyl (C=O) groups excluding carboxylic acids is 1. The van der Waals surface area contributed by atoms with Gasteiger partial charge in [0.25, 0.3) is 0 Å². The maximum absolute atomic E-state index is 13.0. The van der Waals surface area contributed by atoms with Crippen LogP contribution in [0.3, 0.4) is 0 Å². The summed E-state index contributed by atoms with van der Waals surface area (Å²) in [6.45, 7) is 0.475. The van der Waals surface area contributed by atoms with Crippen molar-refractivity contribution in [2.45, 2.75) is 43.9 Å². The molecule has 1 aliphatic rings. The Labute approximate surface area is 137 Å². The minimum atomic E-state index is -0.823. The van der Waals surface area contributed by atoms with E-state index in [0.29, 0.717) is 13.0 Å². The number of hydrogen-bond donors (Lipinski definition) is 1. The van der Waals surface area contributed by atoms with Crippen LogP contribution in [0.15, 0.2) is 24.3 Å². The van der Waals surface area contributed by atoms with Gasteiger partial charge in [-0.1, -0.05) is 25.0 Å². The first-order chi connectivity index (χ1) is 11.0. The van der Waals surface area contributed by atoms with Crippen LogP contribution in [0.5, 0.6) is 5.75 Å². The van der Waals surface area contributed by atoms with E-state index in [1.54, 1.807) is 19.1 Å². The molecule has 5 nitrogen and oxygen atoms in total. The van der Waals surface area contributed by atoms with Crippen LogP contribution in [0.4, 0.5) is 0 Å². The van der Waals surface area contributed by atoms with Crippen LogP contribution in [0.2, 0.25) is 0 Å². The lowest BCUT2D eigenvalue weighted by Gasteiger charge is -2.33. The molecule has 1 aromatic carbocycles. The lowest BCUT2D eigenvalue weighted by Crippen LogP contribution is -2.44. The summed E-state index contributed by atoms with van der Waals surface area (Å²) in [4.78, 5) is 25.4. The third kappa shape index (κ3) is 3.84. The highest BCUT2D eigenvalue weighted by Crippen LogP contribution is 2.42. The molecule has 126 valence electrons. The number of carboxylic acid groups (broad SMARTS) is 1.